The zero-order chi connectivity index (χ0) is 23.8. The zero-order valence-electron chi connectivity index (χ0n) is 19.5. The van der Waals surface area contributed by atoms with Gasteiger partial charge < -0.3 is 9.47 Å². The Balaban J connectivity index is 1.42. The predicted octanol–water partition coefficient (Wildman–Crippen LogP) is 7.85. The average Bonchev–Trinajstić information content (AvgIpc) is 3.36. The SMILES string of the molecule is CCCc1ccc(C(=O)/C=C/c2ccc(OC)c(COc3ccc(-c4ccccc4)cc3)c2)s1. The first-order valence-electron chi connectivity index (χ1n) is 11.4. The Morgan fingerprint density at radius 2 is 1.68 bits per heavy atom. The van der Waals surface area contributed by atoms with Crippen molar-refractivity contribution in [1.29, 1.82) is 0 Å². The van der Waals surface area contributed by atoms with Crippen molar-refractivity contribution in [2.24, 2.45) is 0 Å². The summed E-state index contributed by atoms with van der Waals surface area (Å²) in [5.74, 6) is 1.57. The Morgan fingerprint density at radius 3 is 2.41 bits per heavy atom. The molecule has 1 aromatic heterocycles. The minimum absolute atomic E-state index is 0.0273. The number of hydrogen-bond donors (Lipinski definition) is 0. The van der Waals surface area contributed by atoms with Crippen molar-refractivity contribution in [3.8, 4) is 22.6 Å². The van der Waals surface area contributed by atoms with Gasteiger partial charge in [-0.25, -0.2) is 0 Å². The van der Waals surface area contributed by atoms with E-state index in [2.05, 4.69) is 31.2 Å². The van der Waals surface area contributed by atoms with E-state index in [9.17, 15) is 4.79 Å². The highest BCUT2D eigenvalue weighted by molar-refractivity contribution is 7.14. The van der Waals surface area contributed by atoms with E-state index in [1.807, 2.05) is 66.7 Å². The van der Waals surface area contributed by atoms with Gasteiger partial charge in [-0.1, -0.05) is 68.0 Å². The summed E-state index contributed by atoms with van der Waals surface area (Å²) in [7, 11) is 1.65. The summed E-state index contributed by atoms with van der Waals surface area (Å²) in [4.78, 5) is 14.6. The number of rotatable bonds is 10. The highest BCUT2D eigenvalue weighted by atomic mass is 32.1. The van der Waals surface area contributed by atoms with Gasteiger partial charge in [-0.15, -0.1) is 11.3 Å². The molecule has 4 rings (SSSR count). The number of aryl methyl sites for hydroxylation is 1. The maximum absolute atomic E-state index is 12.6. The molecule has 0 N–H and O–H groups in total. The lowest BCUT2D eigenvalue weighted by Gasteiger charge is -2.12. The third-order valence-electron chi connectivity index (χ3n) is 5.49. The molecule has 0 aliphatic rings. The van der Waals surface area contributed by atoms with Crippen LogP contribution in [0.2, 0.25) is 0 Å². The van der Waals surface area contributed by atoms with Gasteiger partial charge in [0.1, 0.15) is 18.1 Å². The second kappa shape index (κ2) is 11.5. The highest BCUT2D eigenvalue weighted by Crippen LogP contribution is 2.26. The Labute approximate surface area is 205 Å². The van der Waals surface area contributed by atoms with Gasteiger partial charge in [0.15, 0.2) is 5.78 Å². The molecule has 34 heavy (non-hydrogen) atoms. The van der Waals surface area contributed by atoms with Crippen LogP contribution in [-0.2, 0) is 13.0 Å². The second-order valence-electron chi connectivity index (χ2n) is 7.96. The van der Waals surface area contributed by atoms with Crippen LogP contribution in [0.5, 0.6) is 11.5 Å². The third kappa shape index (κ3) is 6.03. The van der Waals surface area contributed by atoms with Gasteiger partial charge in [0.05, 0.1) is 12.0 Å². The normalized spacial score (nSPS) is 11.0. The number of carbonyl (C=O) groups is 1. The molecule has 0 fully saturated rings. The third-order valence-corrected chi connectivity index (χ3v) is 6.65. The summed E-state index contributed by atoms with van der Waals surface area (Å²) in [5.41, 5.74) is 4.17. The topological polar surface area (TPSA) is 35.5 Å². The number of allylic oxidation sites excluding steroid dienone is 1. The molecule has 0 amide bonds. The number of ether oxygens (including phenoxy) is 2. The molecule has 0 radical (unpaired) electrons. The number of thiophene rings is 1. The smallest absolute Gasteiger partial charge is 0.195 e. The fourth-order valence-electron chi connectivity index (χ4n) is 3.70. The molecule has 0 bridgehead atoms. The number of carbonyl (C=O) groups excluding carboxylic acids is 1. The van der Waals surface area contributed by atoms with Crippen molar-refractivity contribution in [3.63, 3.8) is 0 Å². The minimum Gasteiger partial charge on any atom is -0.496 e. The van der Waals surface area contributed by atoms with E-state index in [0.717, 1.165) is 45.9 Å². The number of methoxy groups -OCH3 is 1. The highest BCUT2D eigenvalue weighted by Gasteiger charge is 2.08. The van der Waals surface area contributed by atoms with Crippen LogP contribution in [-0.4, -0.2) is 12.9 Å². The van der Waals surface area contributed by atoms with E-state index < -0.39 is 0 Å². The van der Waals surface area contributed by atoms with Crippen LogP contribution in [0.4, 0.5) is 0 Å². The summed E-state index contributed by atoms with van der Waals surface area (Å²) in [6, 6.07) is 28.1. The van der Waals surface area contributed by atoms with Crippen molar-refractivity contribution in [1.82, 2.24) is 0 Å². The number of benzene rings is 3. The van der Waals surface area contributed by atoms with Crippen molar-refractivity contribution >= 4 is 23.2 Å². The van der Waals surface area contributed by atoms with Crippen LogP contribution in [0.1, 0.15) is 39.0 Å². The van der Waals surface area contributed by atoms with Crippen LogP contribution >= 0.6 is 11.3 Å². The van der Waals surface area contributed by atoms with Crippen molar-refractivity contribution in [3.05, 3.63) is 112 Å². The van der Waals surface area contributed by atoms with Gasteiger partial charge in [0.2, 0.25) is 0 Å². The Hall–Kier alpha value is -3.63. The van der Waals surface area contributed by atoms with Gasteiger partial charge in [-0.05, 0) is 65.6 Å². The fourth-order valence-corrected chi connectivity index (χ4v) is 4.72. The summed E-state index contributed by atoms with van der Waals surface area (Å²) in [5, 5.41) is 0. The van der Waals surface area contributed by atoms with Crippen molar-refractivity contribution in [2.75, 3.05) is 7.11 Å². The zero-order valence-corrected chi connectivity index (χ0v) is 20.3. The molecule has 0 saturated carbocycles. The monoisotopic (exact) mass is 468 g/mol. The van der Waals surface area contributed by atoms with Crippen LogP contribution in [0.15, 0.2) is 91.0 Å². The maximum atomic E-state index is 12.6. The van der Waals surface area contributed by atoms with Crippen molar-refractivity contribution in [2.45, 2.75) is 26.4 Å². The maximum Gasteiger partial charge on any atom is 0.195 e. The van der Waals surface area contributed by atoms with E-state index in [1.165, 1.54) is 10.4 Å². The van der Waals surface area contributed by atoms with Gasteiger partial charge in [0.25, 0.3) is 0 Å². The first-order chi connectivity index (χ1) is 16.7. The lowest BCUT2D eigenvalue weighted by Crippen LogP contribution is -1.99. The minimum atomic E-state index is 0.0273. The predicted molar refractivity (Wildman–Crippen MR) is 141 cm³/mol. The summed E-state index contributed by atoms with van der Waals surface area (Å²) < 4.78 is 11.5. The van der Waals surface area contributed by atoms with E-state index in [1.54, 1.807) is 24.5 Å². The molecule has 4 heteroatoms. The molecule has 0 spiro atoms. The molecule has 0 aliphatic heterocycles. The second-order valence-corrected chi connectivity index (χ2v) is 9.13. The van der Waals surface area contributed by atoms with E-state index >= 15 is 0 Å². The lowest BCUT2D eigenvalue weighted by molar-refractivity contribution is 0.105. The average molecular weight is 469 g/mol. The molecule has 0 atom stereocenters. The van der Waals surface area contributed by atoms with Gasteiger partial charge in [-0.2, -0.15) is 0 Å². The van der Waals surface area contributed by atoms with Crippen LogP contribution in [0, 0.1) is 0 Å². The van der Waals surface area contributed by atoms with Gasteiger partial charge >= 0.3 is 0 Å². The van der Waals surface area contributed by atoms with Crippen molar-refractivity contribution < 1.29 is 14.3 Å². The standard InChI is InChI=1S/C30H28O3S/c1-3-7-27-16-19-30(34-27)28(31)17-10-22-11-18-29(32-2)25(20-22)21-33-26-14-12-24(13-15-26)23-8-5-4-6-9-23/h4-6,8-20H,3,7,21H2,1-2H3/b17-10+. The van der Waals surface area contributed by atoms with Gasteiger partial charge in [0, 0.05) is 10.4 Å². The number of ketones is 1. The fraction of sp³-hybridized carbons (Fsp3) is 0.167. The van der Waals surface area contributed by atoms with Crippen LogP contribution < -0.4 is 9.47 Å². The molecule has 0 aliphatic carbocycles. The molecule has 1 heterocycles. The molecule has 3 nitrogen and oxygen atoms in total. The Morgan fingerprint density at radius 1 is 0.912 bits per heavy atom. The molecular weight excluding hydrogens is 440 g/mol. The Kier molecular flexibility index (Phi) is 7.95. The first-order valence-corrected chi connectivity index (χ1v) is 12.2. The Bertz CT molecular complexity index is 1250. The van der Waals surface area contributed by atoms with Gasteiger partial charge in [-0.3, -0.25) is 4.79 Å². The summed E-state index contributed by atoms with van der Waals surface area (Å²) in [6.45, 7) is 2.51. The molecule has 3 aromatic carbocycles. The summed E-state index contributed by atoms with van der Waals surface area (Å²) in [6.07, 6.45) is 5.58. The van der Waals surface area contributed by atoms with E-state index in [4.69, 9.17) is 9.47 Å². The quantitative estimate of drug-likeness (QED) is 0.176. The van der Waals surface area contributed by atoms with Crippen LogP contribution in [0.25, 0.3) is 17.2 Å². The van der Waals surface area contributed by atoms with Crippen LogP contribution in [0.3, 0.4) is 0 Å². The van der Waals surface area contributed by atoms with E-state index in [-0.39, 0.29) is 5.78 Å². The number of hydrogen-bond acceptors (Lipinski definition) is 4. The lowest BCUT2D eigenvalue weighted by atomic mass is 10.1. The molecule has 0 saturated heterocycles. The first kappa shape index (κ1) is 23.5. The molecule has 172 valence electrons. The molecule has 0 unspecified atom stereocenters. The largest absolute Gasteiger partial charge is 0.496 e. The molecular formula is C30H28O3S. The molecule has 4 aromatic rings. The summed E-state index contributed by atoms with van der Waals surface area (Å²) >= 11 is 1.57. The van der Waals surface area contributed by atoms with E-state index in [0.29, 0.717) is 6.61 Å².